The maximum absolute atomic E-state index is 13.2. The Balaban J connectivity index is 1.59. The molecule has 3 heteroatoms. The van der Waals surface area contributed by atoms with E-state index >= 15 is 0 Å². The molecule has 3 atom stereocenters. The number of nitrogens with zero attached hydrogens (tertiary/aromatic N) is 2. The van der Waals surface area contributed by atoms with E-state index < -0.39 is 0 Å². The van der Waals surface area contributed by atoms with E-state index in [0.29, 0.717) is 17.9 Å². The van der Waals surface area contributed by atoms with Gasteiger partial charge in [-0.05, 0) is 62.1 Å². The largest absolute Gasteiger partial charge is 0.338 e. The summed E-state index contributed by atoms with van der Waals surface area (Å²) in [4.78, 5) is 17.7. The van der Waals surface area contributed by atoms with Gasteiger partial charge in [-0.3, -0.25) is 9.69 Å². The number of amides is 1. The van der Waals surface area contributed by atoms with Gasteiger partial charge in [0.2, 0.25) is 0 Å². The second kappa shape index (κ2) is 6.55. The van der Waals surface area contributed by atoms with Gasteiger partial charge in [-0.1, -0.05) is 36.4 Å². The molecule has 3 nitrogen and oxygen atoms in total. The summed E-state index contributed by atoms with van der Waals surface area (Å²) in [5, 5.41) is 0. The van der Waals surface area contributed by atoms with Gasteiger partial charge in [-0.15, -0.1) is 0 Å². The number of likely N-dealkylation sites (tertiary alicyclic amines) is 2. The second-order valence-corrected chi connectivity index (χ2v) is 8.12. The van der Waals surface area contributed by atoms with Gasteiger partial charge in [0, 0.05) is 37.2 Å². The Morgan fingerprint density at radius 3 is 2.42 bits per heavy atom. The van der Waals surface area contributed by atoms with E-state index in [2.05, 4.69) is 68.0 Å². The summed E-state index contributed by atoms with van der Waals surface area (Å²) in [7, 11) is 2.23. The summed E-state index contributed by atoms with van der Waals surface area (Å²) in [5.41, 5.74) is 5.94. The molecule has 0 unspecified atom stereocenters. The van der Waals surface area contributed by atoms with Gasteiger partial charge in [0.25, 0.3) is 5.91 Å². The van der Waals surface area contributed by atoms with Crippen molar-refractivity contribution in [2.75, 3.05) is 26.7 Å². The molecule has 4 rings (SSSR count). The lowest BCUT2D eigenvalue weighted by molar-refractivity contribution is 0.0767. The number of carbonyl (C=O) groups excluding carboxylic acids is 1. The summed E-state index contributed by atoms with van der Waals surface area (Å²) in [6.07, 6.45) is 0. The van der Waals surface area contributed by atoms with Crippen LogP contribution in [0.1, 0.15) is 38.7 Å². The van der Waals surface area contributed by atoms with Gasteiger partial charge >= 0.3 is 0 Å². The molecule has 0 aliphatic carbocycles. The third kappa shape index (κ3) is 2.75. The first kappa shape index (κ1) is 17.3. The van der Waals surface area contributed by atoms with Crippen molar-refractivity contribution in [2.45, 2.75) is 26.8 Å². The second-order valence-electron chi connectivity index (χ2n) is 8.12. The molecule has 0 radical (unpaired) electrons. The maximum Gasteiger partial charge on any atom is 0.254 e. The van der Waals surface area contributed by atoms with Crippen molar-refractivity contribution in [2.24, 2.45) is 11.8 Å². The molecular formula is C23H28N2O. The summed E-state index contributed by atoms with van der Waals surface area (Å²) in [5.74, 6) is 1.29. The van der Waals surface area contributed by atoms with Gasteiger partial charge in [0.1, 0.15) is 0 Å². The van der Waals surface area contributed by atoms with Crippen LogP contribution in [0.2, 0.25) is 0 Å². The molecule has 0 spiro atoms. The average Bonchev–Trinajstić information content (AvgIpc) is 3.14. The van der Waals surface area contributed by atoms with Crippen LogP contribution in [0.25, 0.3) is 0 Å². The smallest absolute Gasteiger partial charge is 0.254 e. The lowest BCUT2D eigenvalue weighted by Crippen LogP contribution is -2.34. The highest BCUT2D eigenvalue weighted by atomic mass is 16.2. The number of aryl methyl sites for hydroxylation is 2. The SMILES string of the molecule is Cc1ccccc1[C@@H]1[C@@H]2CN(C(=O)c3cccc(C)c3C)C[C@@H]2CN1C. The fourth-order valence-electron chi connectivity index (χ4n) is 4.96. The molecule has 2 heterocycles. The van der Waals surface area contributed by atoms with Crippen molar-refractivity contribution in [1.29, 1.82) is 0 Å². The summed E-state index contributed by atoms with van der Waals surface area (Å²) in [6, 6.07) is 15.2. The van der Waals surface area contributed by atoms with Crippen molar-refractivity contribution in [1.82, 2.24) is 9.80 Å². The predicted molar refractivity (Wildman–Crippen MR) is 105 cm³/mol. The van der Waals surface area contributed by atoms with Crippen LogP contribution in [0.4, 0.5) is 0 Å². The highest BCUT2D eigenvalue weighted by Gasteiger charge is 2.47. The highest BCUT2D eigenvalue weighted by Crippen LogP contribution is 2.45. The Bertz CT molecular complexity index is 844. The molecule has 2 fully saturated rings. The topological polar surface area (TPSA) is 23.6 Å². The van der Waals surface area contributed by atoms with Crippen molar-refractivity contribution < 1.29 is 4.79 Å². The zero-order chi connectivity index (χ0) is 18.4. The molecule has 0 saturated carbocycles. The number of hydrogen-bond donors (Lipinski definition) is 0. The molecule has 2 aromatic carbocycles. The van der Waals surface area contributed by atoms with Gasteiger partial charge < -0.3 is 4.90 Å². The van der Waals surface area contributed by atoms with Crippen molar-refractivity contribution in [3.05, 3.63) is 70.3 Å². The Hall–Kier alpha value is -2.13. The van der Waals surface area contributed by atoms with E-state index in [-0.39, 0.29) is 5.91 Å². The number of benzene rings is 2. The third-order valence-electron chi connectivity index (χ3n) is 6.52. The van der Waals surface area contributed by atoms with Crippen LogP contribution in [0.3, 0.4) is 0 Å². The van der Waals surface area contributed by atoms with E-state index in [1.807, 2.05) is 12.1 Å². The van der Waals surface area contributed by atoms with E-state index in [0.717, 1.165) is 30.8 Å². The van der Waals surface area contributed by atoms with E-state index in [4.69, 9.17) is 0 Å². The first-order valence-corrected chi connectivity index (χ1v) is 9.58. The molecule has 0 N–H and O–H groups in total. The van der Waals surface area contributed by atoms with Crippen LogP contribution in [0.5, 0.6) is 0 Å². The Labute approximate surface area is 156 Å². The molecule has 26 heavy (non-hydrogen) atoms. The fourth-order valence-corrected chi connectivity index (χ4v) is 4.96. The molecule has 1 amide bonds. The van der Waals surface area contributed by atoms with Crippen LogP contribution >= 0.6 is 0 Å². The van der Waals surface area contributed by atoms with Gasteiger partial charge in [-0.25, -0.2) is 0 Å². The quantitative estimate of drug-likeness (QED) is 0.819. The molecule has 2 aliphatic heterocycles. The van der Waals surface area contributed by atoms with Crippen molar-refractivity contribution in [3.63, 3.8) is 0 Å². The number of fused-ring (bicyclic) bond motifs is 1. The van der Waals surface area contributed by atoms with E-state index in [9.17, 15) is 4.79 Å². The van der Waals surface area contributed by atoms with Crippen LogP contribution in [0.15, 0.2) is 42.5 Å². The minimum absolute atomic E-state index is 0.201. The third-order valence-corrected chi connectivity index (χ3v) is 6.52. The van der Waals surface area contributed by atoms with Crippen LogP contribution in [-0.4, -0.2) is 42.4 Å². The summed E-state index contributed by atoms with van der Waals surface area (Å²) in [6.45, 7) is 9.14. The summed E-state index contributed by atoms with van der Waals surface area (Å²) < 4.78 is 0. The first-order chi connectivity index (χ1) is 12.5. The number of rotatable bonds is 2. The lowest BCUT2D eigenvalue weighted by atomic mass is 9.88. The minimum Gasteiger partial charge on any atom is -0.338 e. The molecular weight excluding hydrogens is 320 g/mol. The lowest BCUT2D eigenvalue weighted by Gasteiger charge is -2.28. The molecule has 2 aromatic rings. The Morgan fingerprint density at radius 2 is 1.65 bits per heavy atom. The molecule has 2 aliphatic rings. The van der Waals surface area contributed by atoms with Gasteiger partial charge in [0.05, 0.1) is 0 Å². The van der Waals surface area contributed by atoms with Crippen molar-refractivity contribution in [3.8, 4) is 0 Å². The predicted octanol–water partition coefficient (Wildman–Crippen LogP) is 3.99. The van der Waals surface area contributed by atoms with E-state index in [1.54, 1.807) is 0 Å². The molecule has 136 valence electrons. The van der Waals surface area contributed by atoms with Crippen LogP contribution in [0, 0.1) is 32.6 Å². The first-order valence-electron chi connectivity index (χ1n) is 9.58. The highest BCUT2D eigenvalue weighted by molar-refractivity contribution is 5.96. The summed E-state index contributed by atoms with van der Waals surface area (Å²) >= 11 is 0. The standard InChI is InChI=1S/C23H28N2O/c1-15-9-7-11-20(17(15)3)23(26)25-13-18-12-24(4)22(21(18)14-25)19-10-6-5-8-16(19)2/h5-11,18,21-22H,12-14H2,1-4H3/t18-,21+,22+/m0/s1. The monoisotopic (exact) mass is 348 g/mol. The van der Waals surface area contributed by atoms with Gasteiger partial charge in [-0.2, -0.15) is 0 Å². The normalized spacial score (nSPS) is 25.5. The molecule has 0 bridgehead atoms. The van der Waals surface area contributed by atoms with Gasteiger partial charge in [0.15, 0.2) is 0 Å². The molecule has 0 aromatic heterocycles. The van der Waals surface area contributed by atoms with E-state index in [1.165, 1.54) is 16.7 Å². The maximum atomic E-state index is 13.2. The zero-order valence-corrected chi connectivity index (χ0v) is 16.2. The number of hydrogen-bond acceptors (Lipinski definition) is 2. The van der Waals surface area contributed by atoms with Crippen LogP contribution < -0.4 is 0 Å². The minimum atomic E-state index is 0.201. The molecule has 2 saturated heterocycles. The average molecular weight is 348 g/mol. The van der Waals surface area contributed by atoms with Crippen LogP contribution in [-0.2, 0) is 0 Å². The van der Waals surface area contributed by atoms with Crippen molar-refractivity contribution >= 4 is 5.91 Å². The number of carbonyl (C=O) groups is 1. The Kier molecular flexibility index (Phi) is 4.36. The Morgan fingerprint density at radius 1 is 0.923 bits per heavy atom. The fraction of sp³-hybridized carbons (Fsp3) is 0.435. The zero-order valence-electron chi connectivity index (χ0n) is 16.2.